The summed E-state index contributed by atoms with van der Waals surface area (Å²) in [7, 11) is 0. The first kappa shape index (κ1) is 16.9. The van der Waals surface area contributed by atoms with Crippen molar-refractivity contribution in [2.75, 3.05) is 5.32 Å². The van der Waals surface area contributed by atoms with E-state index in [1.807, 2.05) is 0 Å². The molecular weight excluding hydrogens is 367 g/mol. The van der Waals surface area contributed by atoms with Crippen LogP contribution in [0.25, 0.3) is 11.3 Å². The van der Waals surface area contributed by atoms with Crippen molar-refractivity contribution in [1.82, 2.24) is 10.2 Å². The van der Waals surface area contributed by atoms with E-state index in [4.69, 9.17) is 23.2 Å². The molecule has 1 aromatic heterocycles. The zero-order valence-electron chi connectivity index (χ0n) is 12.5. The van der Waals surface area contributed by atoms with Gasteiger partial charge >= 0.3 is 0 Å². The molecule has 0 bridgehead atoms. The van der Waals surface area contributed by atoms with Gasteiger partial charge in [-0.1, -0.05) is 35.3 Å². The van der Waals surface area contributed by atoms with Crippen LogP contribution in [0.3, 0.4) is 0 Å². The van der Waals surface area contributed by atoms with Crippen LogP contribution in [0.15, 0.2) is 48.5 Å². The number of halogens is 2. The minimum absolute atomic E-state index is 0.142. The molecular formula is C16H10Cl2N4O3. The number of carbonyl (C=O) groups excluding carboxylic acids is 1. The molecule has 2 aromatic carbocycles. The molecule has 0 spiro atoms. The van der Waals surface area contributed by atoms with E-state index >= 15 is 0 Å². The van der Waals surface area contributed by atoms with Crippen LogP contribution >= 0.6 is 23.2 Å². The van der Waals surface area contributed by atoms with Crippen LogP contribution in [0.1, 0.15) is 10.5 Å². The summed E-state index contributed by atoms with van der Waals surface area (Å²) in [5.41, 5.74) is 1.50. The first-order chi connectivity index (χ1) is 11.9. The molecule has 126 valence electrons. The van der Waals surface area contributed by atoms with Gasteiger partial charge in [0.2, 0.25) is 0 Å². The highest BCUT2D eigenvalue weighted by Gasteiger charge is 2.15. The summed E-state index contributed by atoms with van der Waals surface area (Å²) in [5, 5.41) is 20.8. The molecule has 25 heavy (non-hydrogen) atoms. The Morgan fingerprint density at radius 1 is 1.12 bits per heavy atom. The van der Waals surface area contributed by atoms with Crippen LogP contribution < -0.4 is 5.32 Å². The van der Waals surface area contributed by atoms with Crippen molar-refractivity contribution in [2.45, 2.75) is 0 Å². The summed E-state index contributed by atoms with van der Waals surface area (Å²) in [6.45, 7) is 0. The number of nitrogens with one attached hydrogen (secondary N) is 2. The van der Waals surface area contributed by atoms with Crippen LogP contribution in [0.5, 0.6) is 0 Å². The number of aromatic amines is 1. The summed E-state index contributed by atoms with van der Waals surface area (Å²) in [4.78, 5) is 22.6. The number of nitro groups is 1. The zero-order valence-corrected chi connectivity index (χ0v) is 14.0. The molecule has 2 N–H and O–H groups in total. The van der Waals surface area contributed by atoms with Crippen molar-refractivity contribution >= 4 is 40.5 Å². The maximum absolute atomic E-state index is 12.3. The maximum atomic E-state index is 12.3. The van der Waals surface area contributed by atoms with Gasteiger partial charge in [-0.15, -0.1) is 0 Å². The Labute approximate surface area is 151 Å². The van der Waals surface area contributed by atoms with E-state index in [2.05, 4.69) is 15.5 Å². The quantitative estimate of drug-likeness (QED) is 0.515. The Bertz CT molecular complexity index is 954. The first-order valence-electron chi connectivity index (χ1n) is 7.00. The van der Waals surface area contributed by atoms with Gasteiger partial charge in [-0.25, -0.2) is 0 Å². The van der Waals surface area contributed by atoms with Crippen LogP contribution in [-0.2, 0) is 0 Å². The second-order valence-electron chi connectivity index (χ2n) is 5.05. The Kier molecular flexibility index (Phi) is 4.69. The van der Waals surface area contributed by atoms with Crippen molar-refractivity contribution < 1.29 is 9.72 Å². The third-order valence-electron chi connectivity index (χ3n) is 3.37. The van der Waals surface area contributed by atoms with Crippen LogP contribution in [0.4, 0.5) is 11.4 Å². The molecule has 1 heterocycles. The Balaban J connectivity index is 1.82. The second-order valence-corrected chi connectivity index (χ2v) is 5.89. The number of rotatable bonds is 4. The number of nitro benzene ring substituents is 1. The summed E-state index contributed by atoms with van der Waals surface area (Å²) in [6.07, 6.45) is 0. The summed E-state index contributed by atoms with van der Waals surface area (Å²) in [6, 6.07) is 12.3. The lowest BCUT2D eigenvalue weighted by molar-refractivity contribution is -0.384. The van der Waals surface area contributed by atoms with Gasteiger partial charge in [0, 0.05) is 22.7 Å². The van der Waals surface area contributed by atoms with Crippen LogP contribution in [0, 0.1) is 10.1 Å². The summed E-state index contributed by atoms with van der Waals surface area (Å²) >= 11 is 11.8. The van der Waals surface area contributed by atoms with Crippen molar-refractivity contribution in [3.63, 3.8) is 0 Å². The van der Waals surface area contributed by atoms with E-state index in [0.29, 0.717) is 10.7 Å². The fourth-order valence-electron chi connectivity index (χ4n) is 2.12. The number of nitrogens with zero attached hydrogens (tertiary/aromatic N) is 2. The van der Waals surface area contributed by atoms with E-state index < -0.39 is 10.8 Å². The van der Waals surface area contributed by atoms with Crippen LogP contribution in [-0.4, -0.2) is 21.0 Å². The first-order valence-corrected chi connectivity index (χ1v) is 7.76. The lowest BCUT2D eigenvalue weighted by Crippen LogP contribution is -2.12. The van der Waals surface area contributed by atoms with E-state index in [9.17, 15) is 14.9 Å². The van der Waals surface area contributed by atoms with Crippen LogP contribution in [0.2, 0.25) is 10.0 Å². The molecule has 0 radical (unpaired) electrons. The molecule has 0 fully saturated rings. The Morgan fingerprint density at radius 3 is 2.52 bits per heavy atom. The number of carbonyl (C=O) groups is 1. The number of amides is 1. The fourth-order valence-corrected chi connectivity index (χ4v) is 2.41. The molecule has 3 aromatic rings. The minimum atomic E-state index is -0.569. The molecule has 0 aliphatic rings. The standard InChI is InChI=1S/C16H10Cl2N4O3/c17-10-3-1-9(2-4-10)13-8-15(21-20-13)16(23)19-14-7-11(22(24)25)5-6-12(14)18/h1-8H,(H,19,23)(H,20,21). The van der Waals surface area contributed by atoms with Crippen molar-refractivity contribution in [1.29, 1.82) is 0 Å². The largest absolute Gasteiger partial charge is 0.319 e. The second kappa shape index (κ2) is 6.92. The highest BCUT2D eigenvalue weighted by Crippen LogP contribution is 2.27. The van der Waals surface area contributed by atoms with E-state index in [0.717, 1.165) is 5.56 Å². The number of hydrogen-bond acceptors (Lipinski definition) is 4. The van der Waals surface area contributed by atoms with Crippen molar-refractivity contribution in [2.24, 2.45) is 0 Å². The van der Waals surface area contributed by atoms with Gasteiger partial charge in [0.1, 0.15) is 5.69 Å². The lowest BCUT2D eigenvalue weighted by Gasteiger charge is -2.05. The lowest BCUT2D eigenvalue weighted by atomic mass is 10.1. The van der Waals surface area contributed by atoms with Crippen molar-refractivity contribution in [3.8, 4) is 11.3 Å². The molecule has 0 saturated heterocycles. The van der Waals surface area contributed by atoms with E-state index in [1.54, 1.807) is 30.3 Å². The number of aromatic nitrogens is 2. The third kappa shape index (κ3) is 3.78. The predicted octanol–water partition coefficient (Wildman–Crippen LogP) is 4.54. The number of anilines is 1. The molecule has 0 saturated carbocycles. The zero-order chi connectivity index (χ0) is 18.0. The number of H-pyrrole nitrogens is 1. The van der Waals surface area contributed by atoms with Gasteiger partial charge in [0.05, 0.1) is 21.3 Å². The Hall–Kier alpha value is -2.90. The average Bonchev–Trinajstić information content (AvgIpc) is 3.07. The van der Waals surface area contributed by atoms with Gasteiger partial charge in [-0.3, -0.25) is 20.0 Å². The van der Waals surface area contributed by atoms with E-state index in [-0.39, 0.29) is 22.1 Å². The fraction of sp³-hybridized carbons (Fsp3) is 0. The molecule has 1 amide bonds. The summed E-state index contributed by atoms with van der Waals surface area (Å²) in [5.74, 6) is -0.518. The topological polar surface area (TPSA) is 101 Å². The Morgan fingerprint density at radius 2 is 1.84 bits per heavy atom. The van der Waals surface area contributed by atoms with Gasteiger partial charge in [0.15, 0.2) is 0 Å². The molecule has 3 rings (SSSR count). The van der Waals surface area contributed by atoms with E-state index in [1.165, 1.54) is 18.2 Å². The monoisotopic (exact) mass is 376 g/mol. The molecule has 0 aliphatic carbocycles. The highest BCUT2D eigenvalue weighted by molar-refractivity contribution is 6.34. The molecule has 0 unspecified atom stereocenters. The molecule has 0 atom stereocenters. The smallest absolute Gasteiger partial charge is 0.273 e. The average molecular weight is 377 g/mol. The third-order valence-corrected chi connectivity index (χ3v) is 3.95. The normalized spacial score (nSPS) is 10.5. The molecule has 7 nitrogen and oxygen atoms in total. The number of benzene rings is 2. The van der Waals surface area contributed by atoms with Gasteiger partial charge < -0.3 is 5.32 Å². The number of non-ortho nitro benzene ring substituents is 1. The number of hydrogen-bond donors (Lipinski definition) is 2. The molecule has 9 heteroatoms. The predicted molar refractivity (Wildman–Crippen MR) is 95.1 cm³/mol. The SMILES string of the molecule is O=C(Nc1cc([N+](=O)[O-])ccc1Cl)c1cc(-c2ccc(Cl)cc2)n[nH]1. The summed E-state index contributed by atoms with van der Waals surface area (Å²) < 4.78 is 0. The molecule has 0 aliphatic heterocycles. The maximum Gasteiger partial charge on any atom is 0.273 e. The van der Waals surface area contributed by atoms with Gasteiger partial charge in [-0.2, -0.15) is 5.10 Å². The van der Waals surface area contributed by atoms with Gasteiger partial charge in [0.25, 0.3) is 11.6 Å². The van der Waals surface area contributed by atoms with Gasteiger partial charge in [-0.05, 0) is 24.3 Å². The van der Waals surface area contributed by atoms with Crippen molar-refractivity contribution in [3.05, 3.63) is 74.4 Å². The minimum Gasteiger partial charge on any atom is -0.319 e. The highest BCUT2D eigenvalue weighted by atomic mass is 35.5.